The maximum atomic E-state index is 6.31. The minimum atomic E-state index is 0.623. The fraction of sp³-hybridized carbons (Fsp3) is 0.400. The molecule has 0 bridgehead atoms. The monoisotopic (exact) mass is 328 g/mol. The molecular formula is C20H25ClN2. The number of benzene rings is 2. The SMILES string of the molecule is CC(CCN1CCN(c2ccccc2Cl)CC1)c1ccccc1. The molecule has 3 rings (SSSR count). The molecule has 0 aliphatic carbocycles. The normalized spacial score (nSPS) is 17.2. The molecule has 0 N–H and O–H groups in total. The number of hydrogen-bond acceptors (Lipinski definition) is 2. The highest BCUT2D eigenvalue weighted by molar-refractivity contribution is 6.33. The van der Waals surface area contributed by atoms with Gasteiger partial charge in [0, 0.05) is 26.2 Å². The van der Waals surface area contributed by atoms with E-state index in [4.69, 9.17) is 11.6 Å². The van der Waals surface area contributed by atoms with E-state index in [0.29, 0.717) is 5.92 Å². The van der Waals surface area contributed by atoms with Crippen LogP contribution in [0, 0.1) is 0 Å². The largest absolute Gasteiger partial charge is 0.368 e. The Bertz CT molecular complexity index is 606. The highest BCUT2D eigenvalue weighted by atomic mass is 35.5. The molecule has 0 spiro atoms. The number of halogens is 1. The van der Waals surface area contributed by atoms with Gasteiger partial charge in [-0.1, -0.05) is 61.0 Å². The van der Waals surface area contributed by atoms with Gasteiger partial charge in [0.15, 0.2) is 0 Å². The molecule has 1 atom stereocenters. The van der Waals surface area contributed by atoms with Crippen LogP contribution in [-0.4, -0.2) is 37.6 Å². The van der Waals surface area contributed by atoms with Crippen LogP contribution in [0.4, 0.5) is 5.69 Å². The Morgan fingerprint density at radius 2 is 1.57 bits per heavy atom. The smallest absolute Gasteiger partial charge is 0.0639 e. The Morgan fingerprint density at radius 1 is 0.913 bits per heavy atom. The average molecular weight is 329 g/mol. The molecule has 1 heterocycles. The average Bonchev–Trinajstić information content (AvgIpc) is 2.61. The summed E-state index contributed by atoms with van der Waals surface area (Å²) in [6, 6.07) is 19.0. The summed E-state index contributed by atoms with van der Waals surface area (Å²) in [5, 5.41) is 0.860. The van der Waals surface area contributed by atoms with Crippen molar-refractivity contribution in [3.8, 4) is 0 Å². The van der Waals surface area contributed by atoms with Gasteiger partial charge in [-0.15, -0.1) is 0 Å². The number of hydrogen-bond donors (Lipinski definition) is 0. The molecule has 1 fully saturated rings. The summed E-state index contributed by atoms with van der Waals surface area (Å²) in [5.41, 5.74) is 2.62. The third-order valence-corrected chi connectivity index (χ3v) is 5.13. The van der Waals surface area contributed by atoms with Gasteiger partial charge in [0.2, 0.25) is 0 Å². The molecule has 1 unspecified atom stereocenters. The third kappa shape index (κ3) is 4.27. The summed E-state index contributed by atoms with van der Waals surface area (Å²) in [6.45, 7) is 7.86. The molecular weight excluding hydrogens is 304 g/mol. The van der Waals surface area contributed by atoms with E-state index < -0.39 is 0 Å². The Kier molecular flexibility index (Phi) is 5.58. The molecule has 0 aromatic heterocycles. The first kappa shape index (κ1) is 16.4. The van der Waals surface area contributed by atoms with Crippen LogP contribution < -0.4 is 4.90 Å². The van der Waals surface area contributed by atoms with Crippen LogP contribution in [0.25, 0.3) is 0 Å². The minimum Gasteiger partial charge on any atom is -0.368 e. The second-order valence-corrected chi connectivity index (χ2v) is 6.79. The van der Waals surface area contributed by atoms with Gasteiger partial charge >= 0.3 is 0 Å². The standard InChI is InChI=1S/C20H25ClN2/c1-17(18-7-3-2-4-8-18)11-12-22-13-15-23(16-14-22)20-10-6-5-9-19(20)21/h2-10,17H,11-16H2,1H3. The molecule has 23 heavy (non-hydrogen) atoms. The maximum absolute atomic E-state index is 6.31. The van der Waals surface area contributed by atoms with Crippen LogP contribution in [-0.2, 0) is 0 Å². The Labute approximate surface area is 144 Å². The van der Waals surface area contributed by atoms with Crippen molar-refractivity contribution in [1.82, 2.24) is 4.90 Å². The number of rotatable bonds is 5. The van der Waals surface area contributed by atoms with E-state index in [-0.39, 0.29) is 0 Å². The molecule has 1 aliphatic heterocycles. The summed E-state index contributed by atoms with van der Waals surface area (Å²) in [4.78, 5) is 4.98. The lowest BCUT2D eigenvalue weighted by atomic mass is 9.97. The van der Waals surface area contributed by atoms with E-state index >= 15 is 0 Å². The topological polar surface area (TPSA) is 6.48 Å². The highest BCUT2D eigenvalue weighted by Crippen LogP contribution is 2.26. The first-order valence-corrected chi connectivity index (χ1v) is 8.88. The maximum Gasteiger partial charge on any atom is 0.0639 e. The van der Waals surface area contributed by atoms with Gasteiger partial charge in [-0.3, -0.25) is 4.90 Å². The molecule has 0 amide bonds. The molecule has 2 nitrogen and oxygen atoms in total. The molecule has 1 saturated heterocycles. The van der Waals surface area contributed by atoms with Crippen molar-refractivity contribution in [3.05, 3.63) is 65.2 Å². The first-order chi connectivity index (χ1) is 11.2. The number of anilines is 1. The van der Waals surface area contributed by atoms with Crippen molar-refractivity contribution in [2.24, 2.45) is 0 Å². The third-order valence-electron chi connectivity index (χ3n) is 4.81. The fourth-order valence-electron chi connectivity index (χ4n) is 3.25. The summed E-state index contributed by atoms with van der Waals surface area (Å²) in [6.07, 6.45) is 1.22. The molecule has 122 valence electrons. The van der Waals surface area contributed by atoms with Crippen LogP contribution in [0.15, 0.2) is 54.6 Å². The van der Waals surface area contributed by atoms with Gasteiger partial charge in [0.25, 0.3) is 0 Å². The van der Waals surface area contributed by atoms with Crippen molar-refractivity contribution in [3.63, 3.8) is 0 Å². The van der Waals surface area contributed by atoms with Gasteiger partial charge in [-0.25, -0.2) is 0 Å². The lowest BCUT2D eigenvalue weighted by Crippen LogP contribution is -2.46. The second kappa shape index (κ2) is 7.85. The molecule has 0 radical (unpaired) electrons. The Balaban J connectivity index is 1.47. The lowest BCUT2D eigenvalue weighted by Gasteiger charge is -2.36. The zero-order valence-corrected chi connectivity index (χ0v) is 14.5. The predicted molar refractivity (Wildman–Crippen MR) is 99.6 cm³/mol. The van der Waals surface area contributed by atoms with Crippen LogP contribution in [0.2, 0.25) is 5.02 Å². The summed E-state index contributed by atoms with van der Waals surface area (Å²) in [7, 11) is 0. The predicted octanol–water partition coefficient (Wildman–Crippen LogP) is 4.66. The summed E-state index contributed by atoms with van der Waals surface area (Å²) < 4.78 is 0. The van der Waals surface area contributed by atoms with Crippen molar-refractivity contribution in [1.29, 1.82) is 0 Å². The molecule has 1 aliphatic rings. The number of para-hydroxylation sites is 1. The van der Waals surface area contributed by atoms with E-state index in [2.05, 4.69) is 59.2 Å². The van der Waals surface area contributed by atoms with E-state index in [1.807, 2.05) is 12.1 Å². The molecule has 2 aromatic carbocycles. The first-order valence-electron chi connectivity index (χ1n) is 8.51. The van der Waals surface area contributed by atoms with E-state index in [1.165, 1.54) is 24.2 Å². The molecule has 2 aromatic rings. The van der Waals surface area contributed by atoms with E-state index in [1.54, 1.807) is 0 Å². The summed E-state index contributed by atoms with van der Waals surface area (Å²) >= 11 is 6.31. The van der Waals surface area contributed by atoms with E-state index in [0.717, 1.165) is 31.2 Å². The zero-order valence-electron chi connectivity index (χ0n) is 13.8. The van der Waals surface area contributed by atoms with Gasteiger partial charge in [-0.2, -0.15) is 0 Å². The van der Waals surface area contributed by atoms with Crippen molar-refractivity contribution in [2.45, 2.75) is 19.3 Å². The minimum absolute atomic E-state index is 0.623. The Hall–Kier alpha value is -1.51. The van der Waals surface area contributed by atoms with Crippen LogP contribution in [0.3, 0.4) is 0 Å². The van der Waals surface area contributed by atoms with Crippen molar-refractivity contribution in [2.75, 3.05) is 37.6 Å². The van der Waals surface area contributed by atoms with Crippen molar-refractivity contribution < 1.29 is 0 Å². The van der Waals surface area contributed by atoms with Gasteiger partial charge < -0.3 is 4.90 Å². The lowest BCUT2D eigenvalue weighted by molar-refractivity contribution is 0.250. The van der Waals surface area contributed by atoms with Gasteiger partial charge in [0.1, 0.15) is 0 Å². The zero-order chi connectivity index (χ0) is 16.1. The van der Waals surface area contributed by atoms with Crippen LogP contribution in [0.1, 0.15) is 24.8 Å². The fourth-order valence-corrected chi connectivity index (χ4v) is 3.50. The van der Waals surface area contributed by atoms with Crippen LogP contribution in [0.5, 0.6) is 0 Å². The van der Waals surface area contributed by atoms with E-state index in [9.17, 15) is 0 Å². The highest BCUT2D eigenvalue weighted by Gasteiger charge is 2.19. The van der Waals surface area contributed by atoms with Gasteiger partial charge in [0.05, 0.1) is 10.7 Å². The summed E-state index contributed by atoms with van der Waals surface area (Å²) in [5.74, 6) is 0.623. The number of nitrogens with zero attached hydrogens (tertiary/aromatic N) is 2. The number of piperazine rings is 1. The van der Waals surface area contributed by atoms with Crippen molar-refractivity contribution >= 4 is 17.3 Å². The Morgan fingerprint density at radius 3 is 2.26 bits per heavy atom. The second-order valence-electron chi connectivity index (χ2n) is 6.38. The molecule has 0 saturated carbocycles. The molecule has 3 heteroatoms. The quantitative estimate of drug-likeness (QED) is 0.788. The van der Waals surface area contributed by atoms with Crippen LogP contribution >= 0.6 is 11.6 Å². The van der Waals surface area contributed by atoms with Gasteiger partial charge in [-0.05, 0) is 36.6 Å².